The first-order valence-electron chi connectivity index (χ1n) is 6.42. The highest BCUT2D eigenvalue weighted by Gasteiger charge is 2.42. The number of rotatable bonds is 4. The third-order valence-electron chi connectivity index (χ3n) is 3.88. The topological polar surface area (TPSA) is 51.6 Å². The molecule has 1 heterocycles. The summed E-state index contributed by atoms with van der Waals surface area (Å²) in [5, 5.41) is 13.8. The van der Waals surface area contributed by atoms with Crippen LogP contribution < -0.4 is 5.32 Å². The Balaban J connectivity index is 1.75. The Morgan fingerprint density at radius 3 is 2.89 bits per heavy atom. The molecule has 1 fully saturated rings. The minimum Gasteiger partial charge on any atom is -0.358 e. The number of hydrogen-bond acceptors (Lipinski definition) is 2. The molecule has 0 amide bonds. The standard InChI is InChI=1S/C15H17N3/c1-11-13(8-17-10-15(9-16)6-7-15)12-4-2-3-5-14(12)18-11/h2-5,17-18H,6-8,10H2,1H3. The van der Waals surface area contributed by atoms with Crippen LogP contribution in [0.3, 0.4) is 0 Å². The van der Waals surface area contributed by atoms with Crippen molar-refractivity contribution in [2.24, 2.45) is 5.41 Å². The third-order valence-corrected chi connectivity index (χ3v) is 3.88. The number of benzene rings is 1. The highest BCUT2D eigenvalue weighted by molar-refractivity contribution is 5.84. The molecule has 18 heavy (non-hydrogen) atoms. The number of para-hydroxylation sites is 1. The van der Waals surface area contributed by atoms with E-state index in [4.69, 9.17) is 5.26 Å². The zero-order chi connectivity index (χ0) is 12.6. The lowest BCUT2D eigenvalue weighted by Gasteiger charge is -2.08. The van der Waals surface area contributed by atoms with Crippen molar-refractivity contribution in [3.05, 3.63) is 35.5 Å². The molecule has 0 unspecified atom stereocenters. The first-order chi connectivity index (χ1) is 8.74. The van der Waals surface area contributed by atoms with Crippen molar-refractivity contribution in [1.29, 1.82) is 5.26 Å². The van der Waals surface area contributed by atoms with E-state index in [-0.39, 0.29) is 5.41 Å². The maximum Gasteiger partial charge on any atom is 0.0703 e. The van der Waals surface area contributed by atoms with Crippen LogP contribution in [0.5, 0.6) is 0 Å². The lowest BCUT2D eigenvalue weighted by molar-refractivity contribution is 0.558. The van der Waals surface area contributed by atoms with Crippen LogP contribution in [0.25, 0.3) is 10.9 Å². The fourth-order valence-electron chi connectivity index (χ4n) is 2.47. The molecular weight excluding hydrogens is 222 g/mol. The van der Waals surface area contributed by atoms with Crippen molar-refractivity contribution in [1.82, 2.24) is 10.3 Å². The molecule has 0 bridgehead atoms. The van der Waals surface area contributed by atoms with Gasteiger partial charge in [-0.25, -0.2) is 0 Å². The molecule has 0 aliphatic heterocycles. The molecule has 2 N–H and O–H groups in total. The summed E-state index contributed by atoms with van der Waals surface area (Å²) in [6.07, 6.45) is 2.09. The smallest absolute Gasteiger partial charge is 0.0703 e. The van der Waals surface area contributed by atoms with E-state index in [1.807, 2.05) is 6.07 Å². The van der Waals surface area contributed by atoms with E-state index in [1.165, 1.54) is 22.2 Å². The zero-order valence-electron chi connectivity index (χ0n) is 10.6. The summed E-state index contributed by atoms with van der Waals surface area (Å²) in [4.78, 5) is 3.40. The van der Waals surface area contributed by atoms with Gasteiger partial charge < -0.3 is 10.3 Å². The summed E-state index contributed by atoms with van der Waals surface area (Å²) < 4.78 is 0. The van der Waals surface area contributed by atoms with E-state index in [1.54, 1.807) is 0 Å². The number of nitriles is 1. The normalized spacial score (nSPS) is 16.7. The number of nitrogens with one attached hydrogen (secondary N) is 2. The van der Waals surface area contributed by atoms with Crippen LogP contribution >= 0.6 is 0 Å². The average molecular weight is 239 g/mol. The van der Waals surface area contributed by atoms with Gasteiger partial charge in [0.1, 0.15) is 0 Å². The van der Waals surface area contributed by atoms with Gasteiger partial charge in [0.15, 0.2) is 0 Å². The van der Waals surface area contributed by atoms with E-state index in [2.05, 4.69) is 41.5 Å². The Hall–Kier alpha value is -1.79. The van der Waals surface area contributed by atoms with Gasteiger partial charge in [0.2, 0.25) is 0 Å². The van der Waals surface area contributed by atoms with Crippen molar-refractivity contribution in [2.75, 3.05) is 6.54 Å². The maximum absolute atomic E-state index is 9.04. The number of aromatic nitrogens is 1. The van der Waals surface area contributed by atoms with Gasteiger partial charge in [0.05, 0.1) is 11.5 Å². The molecule has 1 aromatic carbocycles. The minimum atomic E-state index is -0.0694. The molecule has 1 aliphatic rings. The van der Waals surface area contributed by atoms with E-state index in [9.17, 15) is 0 Å². The monoisotopic (exact) mass is 239 g/mol. The lowest BCUT2D eigenvalue weighted by atomic mass is 10.1. The highest BCUT2D eigenvalue weighted by atomic mass is 14.9. The van der Waals surface area contributed by atoms with E-state index in [0.717, 1.165) is 25.9 Å². The summed E-state index contributed by atoms with van der Waals surface area (Å²) >= 11 is 0. The van der Waals surface area contributed by atoms with Crippen LogP contribution in [0.1, 0.15) is 24.1 Å². The van der Waals surface area contributed by atoms with Crippen molar-refractivity contribution in [3.63, 3.8) is 0 Å². The fraction of sp³-hybridized carbons (Fsp3) is 0.400. The van der Waals surface area contributed by atoms with Crippen LogP contribution in [0.2, 0.25) is 0 Å². The van der Waals surface area contributed by atoms with Crippen LogP contribution in [0.4, 0.5) is 0 Å². The first-order valence-corrected chi connectivity index (χ1v) is 6.42. The average Bonchev–Trinajstić information content (AvgIpc) is 3.09. The van der Waals surface area contributed by atoms with Crippen molar-refractivity contribution >= 4 is 10.9 Å². The highest BCUT2D eigenvalue weighted by Crippen LogP contribution is 2.44. The Morgan fingerprint density at radius 1 is 1.39 bits per heavy atom. The van der Waals surface area contributed by atoms with E-state index >= 15 is 0 Å². The van der Waals surface area contributed by atoms with Gasteiger partial charge in [-0.2, -0.15) is 5.26 Å². The molecule has 1 aromatic heterocycles. The van der Waals surface area contributed by atoms with Crippen molar-refractivity contribution < 1.29 is 0 Å². The Labute approximate surface area is 107 Å². The molecule has 2 aromatic rings. The van der Waals surface area contributed by atoms with Gasteiger partial charge >= 0.3 is 0 Å². The molecule has 0 atom stereocenters. The molecule has 1 saturated carbocycles. The second-order valence-corrected chi connectivity index (χ2v) is 5.27. The molecule has 0 saturated heterocycles. The van der Waals surface area contributed by atoms with E-state index in [0.29, 0.717) is 0 Å². The van der Waals surface area contributed by atoms with Crippen molar-refractivity contribution in [2.45, 2.75) is 26.3 Å². The summed E-state index contributed by atoms with van der Waals surface area (Å²) in [6, 6.07) is 10.8. The summed E-state index contributed by atoms with van der Waals surface area (Å²) in [5.74, 6) is 0. The fourth-order valence-corrected chi connectivity index (χ4v) is 2.47. The molecular formula is C15H17N3. The Bertz CT molecular complexity index is 614. The molecule has 3 rings (SSSR count). The molecule has 92 valence electrons. The number of H-pyrrole nitrogens is 1. The van der Waals surface area contributed by atoms with Gasteiger partial charge in [-0.15, -0.1) is 0 Å². The second kappa shape index (κ2) is 4.15. The van der Waals surface area contributed by atoms with Gasteiger partial charge in [-0.05, 0) is 31.4 Å². The predicted octanol–water partition coefficient (Wildman–Crippen LogP) is 2.87. The quantitative estimate of drug-likeness (QED) is 0.862. The number of fused-ring (bicyclic) bond motifs is 1. The third kappa shape index (κ3) is 1.89. The minimum absolute atomic E-state index is 0.0694. The zero-order valence-corrected chi connectivity index (χ0v) is 10.6. The van der Waals surface area contributed by atoms with Gasteiger partial charge in [0.25, 0.3) is 0 Å². The summed E-state index contributed by atoms with van der Waals surface area (Å²) in [6.45, 7) is 3.75. The second-order valence-electron chi connectivity index (χ2n) is 5.27. The van der Waals surface area contributed by atoms with Crippen molar-refractivity contribution in [3.8, 4) is 6.07 Å². The molecule has 0 radical (unpaired) electrons. The van der Waals surface area contributed by atoms with Gasteiger partial charge in [-0.1, -0.05) is 18.2 Å². The molecule has 1 aliphatic carbocycles. The van der Waals surface area contributed by atoms with Gasteiger partial charge in [-0.3, -0.25) is 0 Å². The number of hydrogen-bond donors (Lipinski definition) is 2. The van der Waals surface area contributed by atoms with E-state index < -0.39 is 0 Å². The first kappa shape index (κ1) is 11.3. The Morgan fingerprint density at radius 2 is 2.17 bits per heavy atom. The van der Waals surface area contributed by atoms with Crippen LogP contribution in [0, 0.1) is 23.7 Å². The van der Waals surface area contributed by atoms with Gasteiger partial charge in [0, 0.05) is 29.7 Å². The number of aromatic amines is 1. The SMILES string of the molecule is Cc1[nH]c2ccccc2c1CNCC1(C#N)CC1. The summed E-state index contributed by atoms with van der Waals surface area (Å²) in [5.41, 5.74) is 3.65. The maximum atomic E-state index is 9.04. The lowest BCUT2D eigenvalue weighted by Crippen LogP contribution is -2.22. The summed E-state index contributed by atoms with van der Waals surface area (Å²) in [7, 11) is 0. The Kier molecular flexibility index (Phi) is 2.61. The predicted molar refractivity (Wildman–Crippen MR) is 72.0 cm³/mol. The molecule has 3 nitrogen and oxygen atoms in total. The molecule has 0 spiro atoms. The van der Waals surface area contributed by atoms with Crippen LogP contribution in [-0.4, -0.2) is 11.5 Å². The molecule has 3 heteroatoms. The number of aryl methyl sites for hydroxylation is 1. The number of nitrogens with zero attached hydrogens (tertiary/aromatic N) is 1. The largest absolute Gasteiger partial charge is 0.358 e. The van der Waals surface area contributed by atoms with Crippen LogP contribution in [0.15, 0.2) is 24.3 Å². The van der Waals surface area contributed by atoms with Crippen LogP contribution in [-0.2, 0) is 6.54 Å².